The maximum absolute atomic E-state index is 12.5. The summed E-state index contributed by atoms with van der Waals surface area (Å²) in [4.78, 5) is 18.0. The fourth-order valence-electron chi connectivity index (χ4n) is 3.02. The molecule has 0 bridgehead atoms. The Morgan fingerprint density at radius 2 is 2.16 bits per heavy atom. The highest BCUT2D eigenvalue weighted by Crippen LogP contribution is 2.28. The van der Waals surface area contributed by atoms with Crippen molar-refractivity contribution in [1.82, 2.24) is 9.88 Å². The first-order valence-corrected chi connectivity index (χ1v) is 6.92. The lowest BCUT2D eigenvalue weighted by atomic mass is 10.0. The van der Waals surface area contributed by atoms with Crippen molar-refractivity contribution in [2.24, 2.45) is 0 Å². The summed E-state index contributed by atoms with van der Waals surface area (Å²) in [6, 6.07) is 7.98. The monoisotopic (exact) mass is 256 g/mol. The number of carbonyl (C=O) groups is 1. The summed E-state index contributed by atoms with van der Waals surface area (Å²) in [7, 11) is 0. The Balaban J connectivity index is 1.85. The van der Waals surface area contributed by atoms with Crippen molar-refractivity contribution in [3.8, 4) is 0 Å². The van der Waals surface area contributed by atoms with Crippen LogP contribution in [0.2, 0.25) is 0 Å². The Morgan fingerprint density at radius 3 is 2.89 bits per heavy atom. The molecule has 1 aliphatic rings. The number of aromatic amines is 1. The van der Waals surface area contributed by atoms with Crippen LogP contribution >= 0.6 is 0 Å². The minimum Gasteiger partial charge on any atom is -0.360 e. The molecule has 2 aromatic rings. The average Bonchev–Trinajstić information content (AvgIpc) is 2.93. The Kier molecular flexibility index (Phi) is 2.94. The van der Waals surface area contributed by atoms with Gasteiger partial charge in [0.1, 0.15) is 0 Å². The number of hydrogen-bond acceptors (Lipinski definition) is 2. The van der Waals surface area contributed by atoms with Gasteiger partial charge in [0.05, 0.1) is 6.54 Å². The molecule has 3 rings (SSSR count). The number of aromatic nitrogens is 1. The van der Waals surface area contributed by atoms with E-state index in [4.69, 9.17) is 0 Å². The predicted octanol–water partition coefficient (Wildman–Crippen LogP) is 3.23. The van der Waals surface area contributed by atoms with Crippen LogP contribution in [0.25, 0.3) is 10.9 Å². The molecule has 0 spiro atoms. The molecule has 1 fully saturated rings. The largest absolute Gasteiger partial charge is 0.360 e. The molecule has 1 saturated heterocycles. The van der Waals surface area contributed by atoms with E-state index in [0.29, 0.717) is 6.54 Å². The number of para-hydroxylation sites is 1. The molecule has 0 amide bonds. The van der Waals surface area contributed by atoms with Crippen LogP contribution in [0.15, 0.2) is 30.5 Å². The van der Waals surface area contributed by atoms with E-state index >= 15 is 0 Å². The number of carbonyl (C=O) groups excluding carboxylic acids is 1. The maximum Gasteiger partial charge on any atom is 0.178 e. The summed E-state index contributed by atoms with van der Waals surface area (Å²) in [5, 5.41) is 1.03. The predicted molar refractivity (Wildman–Crippen MR) is 77.5 cm³/mol. The number of ketones is 1. The van der Waals surface area contributed by atoms with E-state index in [1.54, 1.807) is 0 Å². The summed E-state index contributed by atoms with van der Waals surface area (Å²) >= 11 is 0. The van der Waals surface area contributed by atoms with Crippen LogP contribution in [0, 0.1) is 0 Å². The van der Waals surface area contributed by atoms with Gasteiger partial charge in [-0.25, -0.2) is 0 Å². The van der Waals surface area contributed by atoms with Crippen LogP contribution in [0.3, 0.4) is 0 Å². The highest BCUT2D eigenvalue weighted by molar-refractivity contribution is 6.08. The van der Waals surface area contributed by atoms with Crippen molar-refractivity contribution in [1.29, 1.82) is 0 Å². The highest BCUT2D eigenvalue weighted by Gasteiger charge is 2.33. The molecule has 1 aliphatic heterocycles. The number of H-pyrrole nitrogens is 1. The molecule has 0 radical (unpaired) electrons. The molecule has 1 aromatic carbocycles. The number of fused-ring (bicyclic) bond motifs is 1. The zero-order valence-corrected chi connectivity index (χ0v) is 11.6. The van der Waals surface area contributed by atoms with Crippen molar-refractivity contribution < 1.29 is 4.79 Å². The van der Waals surface area contributed by atoms with E-state index < -0.39 is 0 Å². The Bertz CT molecular complexity index is 612. The van der Waals surface area contributed by atoms with Gasteiger partial charge in [0, 0.05) is 28.2 Å². The number of likely N-dealkylation sites (tertiary alicyclic amines) is 1. The molecule has 3 nitrogen and oxygen atoms in total. The number of Topliss-reactive ketones (excluding diaryl/α,β-unsaturated/α-hetero) is 1. The van der Waals surface area contributed by atoms with Crippen LogP contribution in [0.4, 0.5) is 0 Å². The summed E-state index contributed by atoms with van der Waals surface area (Å²) in [6.07, 6.45) is 4.21. The molecule has 0 unspecified atom stereocenters. The standard InChI is InChI=1S/C16H20N2O/c1-16(2)8-5-9-18(16)11-15(19)13-10-17-14-7-4-3-6-12(13)14/h3-4,6-7,10,17H,5,8-9,11H2,1-2H3. The van der Waals surface area contributed by atoms with Crippen molar-refractivity contribution in [2.45, 2.75) is 32.2 Å². The number of nitrogens with zero attached hydrogens (tertiary/aromatic N) is 1. The second-order valence-corrected chi connectivity index (χ2v) is 6.01. The molecule has 19 heavy (non-hydrogen) atoms. The SMILES string of the molecule is CC1(C)CCCN1CC(=O)c1c[nH]c2ccccc12. The minimum absolute atomic E-state index is 0.155. The van der Waals surface area contributed by atoms with Crippen LogP contribution in [-0.2, 0) is 0 Å². The van der Waals surface area contributed by atoms with Crippen LogP contribution in [-0.4, -0.2) is 34.3 Å². The van der Waals surface area contributed by atoms with Crippen LogP contribution < -0.4 is 0 Å². The first-order chi connectivity index (χ1) is 9.08. The van der Waals surface area contributed by atoms with Gasteiger partial charge in [-0.2, -0.15) is 0 Å². The third-order valence-corrected chi connectivity index (χ3v) is 4.30. The van der Waals surface area contributed by atoms with Crippen LogP contribution in [0.5, 0.6) is 0 Å². The van der Waals surface area contributed by atoms with Gasteiger partial charge in [-0.1, -0.05) is 18.2 Å². The lowest BCUT2D eigenvalue weighted by Gasteiger charge is -2.30. The van der Waals surface area contributed by atoms with Crippen molar-refractivity contribution in [3.63, 3.8) is 0 Å². The van der Waals surface area contributed by atoms with E-state index in [0.717, 1.165) is 23.0 Å². The molecule has 0 saturated carbocycles. The van der Waals surface area contributed by atoms with E-state index in [9.17, 15) is 4.79 Å². The van der Waals surface area contributed by atoms with Crippen molar-refractivity contribution in [2.75, 3.05) is 13.1 Å². The third kappa shape index (κ3) is 2.19. The molecular formula is C16H20N2O. The second kappa shape index (κ2) is 4.49. The lowest BCUT2D eigenvalue weighted by Crippen LogP contribution is -2.41. The minimum atomic E-state index is 0.155. The normalized spacial score (nSPS) is 19.1. The zero-order valence-electron chi connectivity index (χ0n) is 11.6. The van der Waals surface area contributed by atoms with Gasteiger partial charge >= 0.3 is 0 Å². The van der Waals surface area contributed by atoms with Gasteiger partial charge < -0.3 is 4.98 Å². The Morgan fingerprint density at radius 1 is 1.37 bits per heavy atom. The molecule has 2 heterocycles. The molecule has 100 valence electrons. The molecule has 0 atom stereocenters. The van der Waals surface area contributed by atoms with Gasteiger partial charge in [-0.05, 0) is 39.3 Å². The van der Waals surface area contributed by atoms with E-state index in [-0.39, 0.29) is 11.3 Å². The first-order valence-electron chi connectivity index (χ1n) is 6.92. The molecular weight excluding hydrogens is 236 g/mol. The number of rotatable bonds is 3. The highest BCUT2D eigenvalue weighted by atomic mass is 16.1. The third-order valence-electron chi connectivity index (χ3n) is 4.30. The first kappa shape index (κ1) is 12.4. The zero-order chi connectivity index (χ0) is 13.5. The summed E-state index contributed by atoms with van der Waals surface area (Å²) in [6.45, 7) is 6.00. The molecule has 0 aliphatic carbocycles. The summed E-state index contributed by atoms with van der Waals surface area (Å²) in [5.74, 6) is 0.215. The quantitative estimate of drug-likeness (QED) is 0.856. The maximum atomic E-state index is 12.5. The number of hydrogen-bond donors (Lipinski definition) is 1. The summed E-state index contributed by atoms with van der Waals surface area (Å²) < 4.78 is 0. The molecule has 3 heteroatoms. The average molecular weight is 256 g/mol. The second-order valence-electron chi connectivity index (χ2n) is 6.01. The number of benzene rings is 1. The fourth-order valence-corrected chi connectivity index (χ4v) is 3.02. The summed E-state index contributed by atoms with van der Waals surface area (Å²) in [5.41, 5.74) is 2.01. The van der Waals surface area contributed by atoms with E-state index in [1.165, 1.54) is 12.8 Å². The van der Waals surface area contributed by atoms with E-state index in [1.807, 2.05) is 30.5 Å². The topological polar surface area (TPSA) is 36.1 Å². The van der Waals surface area contributed by atoms with E-state index in [2.05, 4.69) is 23.7 Å². The smallest absolute Gasteiger partial charge is 0.178 e. The van der Waals surface area contributed by atoms with Crippen LogP contribution in [0.1, 0.15) is 37.0 Å². The molecule has 1 aromatic heterocycles. The number of nitrogens with one attached hydrogen (secondary N) is 1. The van der Waals surface area contributed by atoms with Gasteiger partial charge in [-0.15, -0.1) is 0 Å². The van der Waals surface area contributed by atoms with Gasteiger partial charge in [0.2, 0.25) is 0 Å². The van der Waals surface area contributed by atoms with Gasteiger partial charge in [0.25, 0.3) is 0 Å². The van der Waals surface area contributed by atoms with Gasteiger partial charge in [0.15, 0.2) is 5.78 Å². The Hall–Kier alpha value is -1.61. The lowest BCUT2D eigenvalue weighted by molar-refractivity contribution is 0.0873. The fraction of sp³-hybridized carbons (Fsp3) is 0.438. The van der Waals surface area contributed by atoms with Crippen molar-refractivity contribution >= 4 is 16.7 Å². The molecule has 1 N–H and O–H groups in total. The Labute approximate surface area is 113 Å². The van der Waals surface area contributed by atoms with Crippen molar-refractivity contribution in [3.05, 3.63) is 36.0 Å². The van der Waals surface area contributed by atoms with Gasteiger partial charge in [-0.3, -0.25) is 9.69 Å².